The SMILES string of the molecule is CC(Cc1ccccc1)NC(=O)N1C(C)SCC1C(=O)O. The predicted octanol–water partition coefficient (Wildman–Crippen LogP) is 2.18. The van der Waals surface area contributed by atoms with Crippen LogP contribution in [0, 0.1) is 0 Å². The molecule has 2 N–H and O–H groups in total. The molecule has 0 spiro atoms. The number of hydrogen-bond acceptors (Lipinski definition) is 3. The van der Waals surface area contributed by atoms with Gasteiger partial charge in [-0.15, -0.1) is 11.8 Å². The van der Waals surface area contributed by atoms with Crippen LogP contribution in [0.4, 0.5) is 4.79 Å². The molecule has 2 rings (SSSR count). The highest BCUT2D eigenvalue weighted by atomic mass is 32.2. The van der Waals surface area contributed by atoms with Gasteiger partial charge >= 0.3 is 12.0 Å². The van der Waals surface area contributed by atoms with Gasteiger partial charge in [-0.2, -0.15) is 0 Å². The first kappa shape index (κ1) is 15.7. The molecule has 0 bridgehead atoms. The summed E-state index contributed by atoms with van der Waals surface area (Å²) in [5, 5.41) is 12.0. The van der Waals surface area contributed by atoms with Gasteiger partial charge in [0.05, 0.1) is 5.37 Å². The molecule has 3 atom stereocenters. The van der Waals surface area contributed by atoms with Gasteiger partial charge in [0.15, 0.2) is 0 Å². The van der Waals surface area contributed by atoms with E-state index in [0.29, 0.717) is 5.75 Å². The minimum Gasteiger partial charge on any atom is -0.480 e. The van der Waals surface area contributed by atoms with Gasteiger partial charge in [0, 0.05) is 11.8 Å². The fraction of sp³-hybridized carbons (Fsp3) is 0.467. The third-order valence-corrected chi connectivity index (χ3v) is 4.71. The number of carbonyl (C=O) groups is 2. The summed E-state index contributed by atoms with van der Waals surface area (Å²) in [4.78, 5) is 24.9. The van der Waals surface area contributed by atoms with Crippen LogP contribution >= 0.6 is 11.8 Å². The van der Waals surface area contributed by atoms with Crippen molar-refractivity contribution in [2.45, 2.75) is 37.7 Å². The second-order valence-corrected chi connectivity index (χ2v) is 6.58. The first-order valence-corrected chi connectivity index (χ1v) is 8.01. The molecule has 1 aliphatic rings. The molecule has 5 nitrogen and oxygen atoms in total. The van der Waals surface area contributed by atoms with Crippen molar-refractivity contribution in [3.63, 3.8) is 0 Å². The number of carboxylic acid groups (broad SMARTS) is 1. The van der Waals surface area contributed by atoms with E-state index in [1.54, 1.807) is 0 Å². The van der Waals surface area contributed by atoms with Gasteiger partial charge in [0.2, 0.25) is 0 Å². The molecule has 1 heterocycles. The van der Waals surface area contributed by atoms with Crippen molar-refractivity contribution in [2.24, 2.45) is 0 Å². The number of benzene rings is 1. The predicted molar refractivity (Wildman–Crippen MR) is 83.3 cm³/mol. The Morgan fingerprint density at radius 3 is 2.71 bits per heavy atom. The van der Waals surface area contributed by atoms with Crippen LogP contribution in [0.25, 0.3) is 0 Å². The zero-order valence-electron chi connectivity index (χ0n) is 12.2. The van der Waals surface area contributed by atoms with Crippen LogP contribution in [-0.4, -0.2) is 45.2 Å². The first-order valence-electron chi connectivity index (χ1n) is 6.96. The number of rotatable bonds is 4. The number of amides is 2. The summed E-state index contributed by atoms with van der Waals surface area (Å²) in [5.41, 5.74) is 1.14. The maximum absolute atomic E-state index is 12.3. The number of carboxylic acids is 1. The summed E-state index contributed by atoms with van der Waals surface area (Å²) in [7, 11) is 0. The highest BCUT2D eigenvalue weighted by Gasteiger charge is 2.39. The normalized spacial score (nSPS) is 22.9. The summed E-state index contributed by atoms with van der Waals surface area (Å²) in [6.07, 6.45) is 0.722. The number of nitrogens with one attached hydrogen (secondary N) is 1. The van der Waals surface area contributed by atoms with E-state index >= 15 is 0 Å². The molecule has 21 heavy (non-hydrogen) atoms. The molecule has 0 aliphatic carbocycles. The van der Waals surface area contributed by atoms with Crippen LogP contribution in [0.1, 0.15) is 19.4 Å². The molecule has 1 fully saturated rings. The average molecular weight is 308 g/mol. The summed E-state index contributed by atoms with van der Waals surface area (Å²) in [6.45, 7) is 3.78. The molecule has 1 saturated heterocycles. The highest BCUT2D eigenvalue weighted by molar-refractivity contribution is 8.00. The summed E-state index contributed by atoms with van der Waals surface area (Å²) >= 11 is 1.49. The van der Waals surface area contributed by atoms with E-state index in [4.69, 9.17) is 0 Å². The quantitative estimate of drug-likeness (QED) is 0.894. The lowest BCUT2D eigenvalue weighted by Gasteiger charge is -2.27. The molecule has 114 valence electrons. The molecule has 1 aromatic carbocycles. The van der Waals surface area contributed by atoms with E-state index in [1.807, 2.05) is 44.2 Å². The third kappa shape index (κ3) is 3.91. The average Bonchev–Trinajstić information content (AvgIpc) is 2.81. The largest absolute Gasteiger partial charge is 0.480 e. The molecule has 1 aromatic rings. The van der Waals surface area contributed by atoms with Gasteiger partial charge in [0.1, 0.15) is 6.04 Å². The summed E-state index contributed by atoms with van der Waals surface area (Å²) < 4.78 is 0. The van der Waals surface area contributed by atoms with Crippen LogP contribution in [0.15, 0.2) is 30.3 Å². The molecular weight excluding hydrogens is 288 g/mol. The topological polar surface area (TPSA) is 69.6 Å². The summed E-state index contributed by atoms with van der Waals surface area (Å²) in [6, 6.07) is 8.80. The Morgan fingerprint density at radius 1 is 1.43 bits per heavy atom. The zero-order chi connectivity index (χ0) is 15.4. The number of aliphatic carboxylic acids is 1. The smallest absolute Gasteiger partial charge is 0.327 e. The monoisotopic (exact) mass is 308 g/mol. The molecule has 0 radical (unpaired) electrons. The van der Waals surface area contributed by atoms with Gasteiger partial charge in [-0.3, -0.25) is 4.90 Å². The minimum atomic E-state index is -0.947. The van der Waals surface area contributed by atoms with Crippen LogP contribution in [0.3, 0.4) is 0 Å². The third-order valence-electron chi connectivity index (χ3n) is 3.50. The number of hydrogen-bond donors (Lipinski definition) is 2. The number of urea groups is 1. The van der Waals surface area contributed by atoms with E-state index in [9.17, 15) is 14.7 Å². The Kier molecular flexibility index (Phi) is 5.12. The van der Waals surface area contributed by atoms with Crippen molar-refractivity contribution in [3.05, 3.63) is 35.9 Å². The van der Waals surface area contributed by atoms with Crippen LogP contribution in [0.2, 0.25) is 0 Å². The molecule has 0 saturated carbocycles. The Balaban J connectivity index is 1.95. The molecule has 3 unspecified atom stereocenters. The fourth-order valence-corrected chi connectivity index (χ4v) is 3.61. The fourth-order valence-electron chi connectivity index (χ4n) is 2.45. The minimum absolute atomic E-state index is 0.0489. The molecule has 1 aliphatic heterocycles. The lowest BCUT2D eigenvalue weighted by atomic mass is 10.1. The summed E-state index contributed by atoms with van der Waals surface area (Å²) in [5.74, 6) is -0.505. The van der Waals surface area contributed by atoms with E-state index in [1.165, 1.54) is 16.7 Å². The van der Waals surface area contributed by atoms with E-state index < -0.39 is 12.0 Å². The van der Waals surface area contributed by atoms with E-state index in [-0.39, 0.29) is 17.4 Å². The van der Waals surface area contributed by atoms with Crippen molar-refractivity contribution in [2.75, 3.05) is 5.75 Å². The second-order valence-electron chi connectivity index (χ2n) is 5.23. The Bertz CT molecular complexity index is 509. The standard InChI is InChI=1S/C15H20N2O3S/c1-10(8-12-6-4-3-5-7-12)16-15(20)17-11(2)21-9-13(17)14(18)19/h3-7,10-11,13H,8-9H2,1-2H3,(H,16,20)(H,18,19). The van der Waals surface area contributed by atoms with E-state index in [0.717, 1.165) is 12.0 Å². The van der Waals surface area contributed by atoms with Crippen LogP contribution in [0.5, 0.6) is 0 Å². The Morgan fingerprint density at radius 2 is 2.10 bits per heavy atom. The van der Waals surface area contributed by atoms with Crippen molar-refractivity contribution in [3.8, 4) is 0 Å². The zero-order valence-corrected chi connectivity index (χ0v) is 13.0. The van der Waals surface area contributed by atoms with Crippen molar-refractivity contribution >= 4 is 23.8 Å². The van der Waals surface area contributed by atoms with Crippen LogP contribution in [-0.2, 0) is 11.2 Å². The number of carbonyl (C=O) groups excluding carboxylic acids is 1. The molecular formula is C15H20N2O3S. The Hall–Kier alpha value is -1.69. The molecule has 0 aromatic heterocycles. The first-order chi connectivity index (χ1) is 9.99. The molecule has 2 amide bonds. The van der Waals surface area contributed by atoms with Crippen LogP contribution < -0.4 is 5.32 Å². The van der Waals surface area contributed by atoms with E-state index in [2.05, 4.69) is 5.32 Å². The Labute approximate surface area is 128 Å². The van der Waals surface area contributed by atoms with Gasteiger partial charge in [-0.25, -0.2) is 9.59 Å². The molecule has 6 heteroatoms. The maximum atomic E-state index is 12.3. The van der Waals surface area contributed by atoms with Crippen molar-refractivity contribution < 1.29 is 14.7 Å². The lowest BCUT2D eigenvalue weighted by Crippen LogP contribution is -2.51. The van der Waals surface area contributed by atoms with Gasteiger partial charge in [-0.1, -0.05) is 30.3 Å². The van der Waals surface area contributed by atoms with Gasteiger partial charge < -0.3 is 10.4 Å². The highest BCUT2D eigenvalue weighted by Crippen LogP contribution is 2.28. The number of nitrogens with zero attached hydrogens (tertiary/aromatic N) is 1. The number of thioether (sulfide) groups is 1. The van der Waals surface area contributed by atoms with Gasteiger partial charge in [0.25, 0.3) is 0 Å². The van der Waals surface area contributed by atoms with Gasteiger partial charge in [-0.05, 0) is 25.8 Å². The van der Waals surface area contributed by atoms with Crippen molar-refractivity contribution in [1.82, 2.24) is 10.2 Å². The lowest BCUT2D eigenvalue weighted by molar-refractivity contribution is -0.141. The van der Waals surface area contributed by atoms with Crippen molar-refractivity contribution in [1.29, 1.82) is 0 Å². The second kappa shape index (κ2) is 6.85. The maximum Gasteiger partial charge on any atom is 0.327 e.